The van der Waals surface area contributed by atoms with Gasteiger partial charge in [0.2, 0.25) is 0 Å². The van der Waals surface area contributed by atoms with E-state index in [0.717, 1.165) is 0 Å². The number of rotatable bonds is 3. The molecule has 1 aromatic rings. The SMILES string of the molecule is N#CCCC1CN(c2ccc3c(n2)NC(=O)CO3)C(=O)O1. The number of carbonyl (C=O) groups excluding carboxylic acids is 2. The van der Waals surface area contributed by atoms with E-state index in [9.17, 15) is 9.59 Å². The molecule has 0 aliphatic carbocycles. The molecule has 0 bridgehead atoms. The summed E-state index contributed by atoms with van der Waals surface area (Å²) in [6.07, 6.45) is -0.00845. The van der Waals surface area contributed by atoms with Crippen molar-refractivity contribution in [2.45, 2.75) is 18.9 Å². The van der Waals surface area contributed by atoms with Crippen LogP contribution in [-0.2, 0) is 9.53 Å². The van der Waals surface area contributed by atoms with Crippen LogP contribution in [0.4, 0.5) is 16.4 Å². The van der Waals surface area contributed by atoms with Crippen molar-refractivity contribution in [2.24, 2.45) is 0 Å². The zero-order chi connectivity index (χ0) is 14.8. The Balaban J connectivity index is 1.78. The third-order valence-corrected chi connectivity index (χ3v) is 3.19. The summed E-state index contributed by atoms with van der Waals surface area (Å²) < 4.78 is 10.4. The Labute approximate surface area is 120 Å². The fourth-order valence-electron chi connectivity index (χ4n) is 2.19. The molecule has 1 aromatic heterocycles. The van der Waals surface area contributed by atoms with E-state index in [0.29, 0.717) is 31.0 Å². The smallest absolute Gasteiger partial charge is 0.415 e. The Hall–Kier alpha value is -2.82. The number of cyclic esters (lactones) is 1. The second-order valence-corrected chi connectivity index (χ2v) is 4.67. The molecule has 8 nitrogen and oxygen atoms in total. The Morgan fingerprint density at radius 3 is 3.14 bits per heavy atom. The molecular formula is C13H12N4O4. The monoisotopic (exact) mass is 288 g/mol. The summed E-state index contributed by atoms with van der Waals surface area (Å²) >= 11 is 0. The Morgan fingerprint density at radius 1 is 1.48 bits per heavy atom. The summed E-state index contributed by atoms with van der Waals surface area (Å²) in [5, 5.41) is 11.1. The molecule has 1 unspecified atom stereocenters. The Kier molecular flexibility index (Phi) is 3.31. The second kappa shape index (κ2) is 5.28. The third kappa shape index (κ3) is 2.58. The largest absolute Gasteiger partial charge is 0.480 e. The lowest BCUT2D eigenvalue weighted by atomic mass is 10.2. The number of anilines is 2. The highest BCUT2D eigenvalue weighted by atomic mass is 16.6. The van der Waals surface area contributed by atoms with Gasteiger partial charge in [-0.25, -0.2) is 9.78 Å². The van der Waals surface area contributed by atoms with Gasteiger partial charge in [-0.15, -0.1) is 0 Å². The lowest BCUT2D eigenvalue weighted by molar-refractivity contribution is -0.118. The fourth-order valence-corrected chi connectivity index (χ4v) is 2.19. The molecule has 3 heterocycles. The Morgan fingerprint density at radius 2 is 2.33 bits per heavy atom. The first-order valence-electron chi connectivity index (χ1n) is 6.46. The molecule has 1 N–H and O–H groups in total. The van der Waals surface area contributed by atoms with Crippen LogP contribution in [0.15, 0.2) is 12.1 Å². The summed E-state index contributed by atoms with van der Waals surface area (Å²) in [4.78, 5) is 28.7. The van der Waals surface area contributed by atoms with E-state index in [1.165, 1.54) is 4.90 Å². The van der Waals surface area contributed by atoms with Crippen molar-refractivity contribution >= 4 is 23.6 Å². The summed E-state index contributed by atoms with van der Waals surface area (Å²) in [6.45, 7) is 0.289. The summed E-state index contributed by atoms with van der Waals surface area (Å²) in [5.74, 6) is 0.844. The van der Waals surface area contributed by atoms with Gasteiger partial charge in [-0.2, -0.15) is 5.26 Å². The predicted molar refractivity (Wildman–Crippen MR) is 70.8 cm³/mol. The topological polar surface area (TPSA) is 105 Å². The standard InChI is InChI=1S/C13H12N4O4/c14-5-1-2-8-6-17(13(19)21-8)10-4-3-9-12(15-10)16-11(18)7-20-9/h3-4,8H,1-2,6-7H2,(H,15,16,18). The minimum atomic E-state index is -0.506. The lowest BCUT2D eigenvalue weighted by Crippen LogP contribution is -2.29. The normalized spacial score (nSPS) is 20.1. The summed E-state index contributed by atoms with van der Waals surface area (Å²) in [5.41, 5.74) is 0. The molecule has 108 valence electrons. The molecule has 21 heavy (non-hydrogen) atoms. The van der Waals surface area contributed by atoms with Crippen LogP contribution in [0, 0.1) is 11.3 Å². The number of nitriles is 1. The summed E-state index contributed by atoms with van der Waals surface area (Å²) in [6, 6.07) is 5.30. The van der Waals surface area contributed by atoms with Gasteiger partial charge in [0.05, 0.1) is 12.6 Å². The van der Waals surface area contributed by atoms with Crippen LogP contribution in [0.1, 0.15) is 12.8 Å². The van der Waals surface area contributed by atoms with Gasteiger partial charge in [-0.3, -0.25) is 9.69 Å². The number of hydrogen-bond acceptors (Lipinski definition) is 6. The highest BCUT2D eigenvalue weighted by Gasteiger charge is 2.33. The van der Waals surface area contributed by atoms with E-state index in [1.807, 2.05) is 6.07 Å². The second-order valence-electron chi connectivity index (χ2n) is 4.67. The van der Waals surface area contributed by atoms with Crippen LogP contribution in [0.3, 0.4) is 0 Å². The van der Waals surface area contributed by atoms with Gasteiger partial charge >= 0.3 is 6.09 Å². The van der Waals surface area contributed by atoms with E-state index < -0.39 is 6.09 Å². The predicted octanol–water partition coefficient (Wildman–Crippen LogP) is 1.04. The number of ether oxygens (including phenoxy) is 2. The molecule has 0 spiro atoms. The minimum absolute atomic E-state index is 0.0456. The van der Waals surface area contributed by atoms with Gasteiger partial charge in [0, 0.05) is 6.42 Å². The quantitative estimate of drug-likeness (QED) is 0.891. The van der Waals surface area contributed by atoms with Gasteiger partial charge in [0.25, 0.3) is 5.91 Å². The number of hydrogen-bond donors (Lipinski definition) is 1. The molecule has 0 radical (unpaired) electrons. The number of nitrogens with one attached hydrogen (secondary N) is 1. The maximum atomic E-state index is 11.8. The highest BCUT2D eigenvalue weighted by molar-refractivity contribution is 5.95. The van der Waals surface area contributed by atoms with Crippen LogP contribution in [-0.4, -0.2) is 36.2 Å². The van der Waals surface area contributed by atoms with Crippen LogP contribution >= 0.6 is 0 Å². The van der Waals surface area contributed by atoms with Gasteiger partial charge in [-0.05, 0) is 18.6 Å². The number of carbonyl (C=O) groups is 2. The molecule has 8 heteroatoms. The van der Waals surface area contributed by atoms with Crippen molar-refractivity contribution in [1.29, 1.82) is 5.26 Å². The highest BCUT2D eigenvalue weighted by Crippen LogP contribution is 2.30. The number of amides is 2. The average molecular weight is 288 g/mol. The molecular weight excluding hydrogens is 276 g/mol. The van der Waals surface area contributed by atoms with Crippen LogP contribution < -0.4 is 15.0 Å². The summed E-state index contributed by atoms with van der Waals surface area (Å²) in [7, 11) is 0. The van der Waals surface area contributed by atoms with E-state index in [4.69, 9.17) is 14.7 Å². The molecule has 2 amide bonds. The molecule has 1 saturated heterocycles. The van der Waals surface area contributed by atoms with Gasteiger partial charge in [-0.1, -0.05) is 0 Å². The zero-order valence-corrected chi connectivity index (χ0v) is 11.0. The van der Waals surface area contributed by atoms with Gasteiger partial charge in [0.15, 0.2) is 18.2 Å². The van der Waals surface area contributed by atoms with Crippen molar-refractivity contribution < 1.29 is 19.1 Å². The molecule has 0 aromatic carbocycles. The first kappa shape index (κ1) is 13.2. The molecule has 3 rings (SSSR count). The average Bonchev–Trinajstić information content (AvgIpc) is 2.85. The lowest BCUT2D eigenvalue weighted by Gasteiger charge is -2.19. The van der Waals surface area contributed by atoms with E-state index in [-0.39, 0.29) is 24.4 Å². The molecule has 2 aliphatic rings. The van der Waals surface area contributed by atoms with Crippen LogP contribution in [0.25, 0.3) is 0 Å². The van der Waals surface area contributed by atoms with Crippen LogP contribution in [0.5, 0.6) is 5.75 Å². The molecule has 1 fully saturated rings. The van der Waals surface area contributed by atoms with Crippen molar-refractivity contribution in [3.05, 3.63) is 12.1 Å². The van der Waals surface area contributed by atoms with Crippen LogP contribution in [0.2, 0.25) is 0 Å². The molecule has 2 aliphatic heterocycles. The van der Waals surface area contributed by atoms with Crippen molar-refractivity contribution in [1.82, 2.24) is 4.98 Å². The number of aromatic nitrogens is 1. The zero-order valence-electron chi connectivity index (χ0n) is 11.0. The number of nitrogens with zero attached hydrogens (tertiary/aromatic N) is 3. The van der Waals surface area contributed by atoms with E-state index in [2.05, 4.69) is 10.3 Å². The first-order chi connectivity index (χ1) is 10.2. The first-order valence-corrected chi connectivity index (χ1v) is 6.46. The maximum absolute atomic E-state index is 11.8. The third-order valence-electron chi connectivity index (χ3n) is 3.19. The number of fused-ring (bicyclic) bond motifs is 1. The van der Waals surface area contributed by atoms with Crippen molar-refractivity contribution in [3.8, 4) is 11.8 Å². The van der Waals surface area contributed by atoms with E-state index >= 15 is 0 Å². The number of pyridine rings is 1. The van der Waals surface area contributed by atoms with Gasteiger partial charge in [0.1, 0.15) is 11.9 Å². The molecule has 1 atom stereocenters. The van der Waals surface area contributed by atoms with Crippen molar-refractivity contribution in [3.63, 3.8) is 0 Å². The van der Waals surface area contributed by atoms with E-state index in [1.54, 1.807) is 12.1 Å². The maximum Gasteiger partial charge on any atom is 0.415 e. The van der Waals surface area contributed by atoms with Gasteiger partial charge < -0.3 is 14.8 Å². The van der Waals surface area contributed by atoms with Crippen molar-refractivity contribution in [2.75, 3.05) is 23.4 Å². The fraction of sp³-hybridized carbons (Fsp3) is 0.385. The minimum Gasteiger partial charge on any atom is -0.480 e. The molecule has 0 saturated carbocycles. The Bertz CT molecular complexity index is 640.